The lowest BCUT2D eigenvalue weighted by molar-refractivity contribution is -0.136. The van der Waals surface area contributed by atoms with E-state index in [0.717, 1.165) is 11.8 Å². The summed E-state index contributed by atoms with van der Waals surface area (Å²) in [5, 5.41) is 6.98. The van der Waals surface area contributed by atoms with Crippen LogP contribution in [0.2, 0.25) is 0 Å². The molecule has 0 radical (unpaired) electrons. The highest BCUT2D eigenvalue weighted by Gasteiger charge is 2.20. The average molecular weight is 180 g/mol. The molecule has 0 aliphatic carbocycles. The van der Waals surface area contributed by atoms with Gasteiger partial charge in [0.25, 0.3) is 0 Å². The Balaban J connectivity index is 3.45. The minimum atomic E-state index is -1.27. The Morgan fingerprint density at radius 3 is 2.64 bits per heavy atom. The highest BCUT2D eigenvalue weighted by molar-refractivity contribution is 8.00. The lowest BCUT2D eigenvalue weighted by atomic mass is 10.3. The Morgan fingerprint density at radius 1 is 1.73 bits per heavy atom. The average Bonchev–Trinajstić information content (AvgIpc) is 1.87. The lowest BCUT2D eigenvalue weighted by Gasteiger charge is -2.16. The summed E-state index contributed by atoms with van der Waals surface area (Å²) in [6, 6.07) is 0. The molecule has 0 heterocycles. The second kappa shape index (κ2) is 4.59. The Kier molecular flexibility index (Phi) is 4.49. The highest BCUT2D eigenvalue weighted by Crippen LogP contribution is 2.29. The number of carboxylic acid groups (broad SMARTS) is 1. The summed E-state index contributed by atoms with van der Waals surface area (Å²) in [7, 11) is 0. The zero-order valence-corrected chi connectivity index (χ0v) is 7.58. The van der Waals surface area contributed by atoms with Gasteiger partial charge in [-0.15, -0.1) is 11.8 Å². The van der Waals surface area contributed by atoms with Gasteiger partial charge in [-0.3, -0.25) is 4.79 Å². The van der Waals surface area contributed by atoms with Crippen LogP contribution in [-0.2, 0) is 4.79 Å². The van der Waals surface area contributed by atoms with Crippen LogP contribution < -0.4 is 0 Å². The van der Waals surface area contributed by atoms with E-state index >= 15 is 0 Å². The van der Waals surface area contributed by atoms with Crippen molar-refractivity contribution in [1.82, 2.24) is 0 Å². The molecule has 0 amide bonds. The maximum absolute atomic E-state index is 13.0. The molecule has 11 heavy (non-hydrogen) atoms. The van der Waals surface area contributed by atoms with Crippen molar-refractivity contribution in [2.45, 2.75) is 31.7 Å². The van der Waals surface area contributed by atoms with Gasteiger partial charge < -0.3 is 5.11 Å². The summed E-state index contributed by atoms with van der Waals surface area (Å²) >= 11 is 1.06. The van der Waals surface area contributed by atoms with E-state index in [-0.39, 0.29) is 6.42 Å². The molecule has 1 N–H and O–H groups in total. The van der Waals surface area contributed by atoms with E-state index < -0.39 is 11.0 Å². The SMILES string of the molecule is CCC(C)(F)SCCC(=O)O. The van der Waals surface area contributed by atoms with Gasteiger partial charge in [0.15, 0.2) is 5.00 Å². The fraction of sp³-hybridized carbons (Fsp3) is 0.857. The number of carbonyl (C=O) groups is 1. The summed E-state index contributed by atoms with van der Waals surface area (Å²) in [5.74, 6) is -0.527. The standard InChI is InChI=1S/C7H13FO2S/c1-3-7(2,8)11-5-4-6(9)10/h3-5H2,1-2H3,(H,9,10). The first-order chi connectivity index (χ1) is 4.98. The smallest absolute Gasteiger partial charge is 0.304 e. The van der Waals surface area contributed by atoms with Gasteiger partial charge in [-0.25, -0.2) is 4.39 Å². The van der Waals surface area contributed by atoms with Crippen molar-refractivity contribution >= 4 is 17.7 Å². The van der Waals surface area contributed by atoms with Crippen molar-refractivity contribution in [3.63, 3.8) is 0 Å². The molecular formula is C7H13FO2S. The number of thioether (sulfide) groups is 1. The van der Waals surface area contributed by atoms with Gasteiger partial charge in [-0.2, -0.15) is 0 Å². The van der Waals surface area contributed by atoms with Gasteiger partial charge in [0.2, 0.25) is 0 Å². The molecule has 0 saturated heterocycles. The number of carboxylic acids is 1. The van der Waals surface area contributed by atoms with Crippen LogP contribution in [0.1, 0.15) is 26.7 Å². The van der Waals surface area contributed by atoms with Crippen LogP contribution in [-0.4, -0.2) is 21.8 Å². The molecule has 0 aromatic heterocycles. The molecule has 1 unspecified atom stereocenters. The van der Waals surface area contributed by atoms with Crippen molar-refractivity contribution < 1.29 is 14.3 Å². The van der Waals surface area contributed by atoms with E-state index in [1.165, 1.54) is 6.92 Å². The molecule has 66 valence electrons. The van der Waals surface area contributed by atoms with Crippen LogP contribution in [0.3, 0.4) is 0 Å². The molecule has 0 fully saturated rings. The monoisotopic (exact) mass is 180 g/mol. The summed E-state index contributed by atoms with van der Waals surface area (Å²) in [5.41, 5.74) is 0. The molecule has 0 bridgehead atoms. The molecule has 0 aliphatic rings. The van der Waals surface area contributed by atoms with Crippen LogP contribution in [0.5, 0.6) is 0 Å². The number of alkyl halides is 1. The topological polar surface area (TPSA) is 37.3 Å². The fourth-order valence-electron chi connectivity index (χ4n) is 0.453. The second-order valence-electron chi connectivity index (χ2n) is 2.45. The first kappa shape index (κ1) is 10.8. The quantitative estimate of drug-likeness (QED) is 0.705. The van der Waals surface area contributed by atoms with E-state index in [4.69, 9.17) is 5.11 Å². The van der Waals surface area contributed by atoms with Crippen molar-refractivity contribution in [2.24, 2.45) is 0 Å². The third-order valence-corrected chi connectivity index (χ3v) is 2.65. The van der Waals surface area contributed by atoms with Crippen molar-refractivity contribution in [3.8, 4) is 0 Å². The number of hydrogen-bond donors (Lipinski definition) is 1. The molecule has 0 saturated carbocycles. The molecule has 1 atom stereocenters. The Labute approximate surface area is 70.2 Å². The zero-order chi connectivity index (χ0) is 8.91. The molecule has 0 aliphatic heterocycles. The third kappa shape index (κ3) is 6.16. The molecule has 0 aromatic carbocycles. The van der Waals surface area contributed by atoms with Gasteiger partial charge in [0, 0.05) is 5.75 Å². The van der Waals surface area contributed by atoms with Crippen LogP contribution in [0.15, 0.2) is 0 Å². The minimum Gasteiger partial charge on any atom is -0.481 e. The Bertz CT molecular complexity index is 136. The van der Waals surface area contributed by atoms with E-state index in [0.29, 0.717) is 12.2 Å². The van der Waals surface area contributed by atoms with Crippen molar-refractivity contribution in [2.75, 3.05) is 5.75 Å². The molecule has 4 heteroatoms. The number of halogens is 1. The number of aliphatic carboxylic acids is 1. The summed E-state index contributed by atoms with van der Waals surface area (Å²) in [6.07, 6.45) is 0.446. The molecule has 2 nitrogen and oxygen atoms in total. The van der Waals surface area contributed by atoms with Gasteiger partial charge >= 0.3 is 5.97 Å². The third-order valence-electron chi connectivity index (χ3n) is 1.35. The predicted molar refractivity (Wildman–Crippen MR) is 44.5 cm³/mol. The van der Waals surface area contributed by atoms with E-state index in [2.05, 4.69) is 0 Å². The van der Waals surface area contributed by atoms with E-state index in [1.54, 1.807) is 6.92 Å². The van der Waals surface area contributed by atoms with E-state index in [9.17, 15) is 9.18 Å². The summed E-state index contributed by atoms with van der Waals surface area (Å²) in [6.45, 7) is 3.22. The Hall–Kier alpha value is -0.250. The molecule has 0 rings (SSSR count). The van der Waals surface area contributed by atoms with Crippen LogP contribution in [0.4, 0.5) is 4.39 Å². The van der Waals surface area contributed by atoms with Gasteiger partial charge in [0.05, 0.1) is 6.42 Å². The minimum absolute atomic E-state index is 0.0319. The van der Waals surface area contributed by atoms with Gasteiger partial charge in [-0.05, 0) is 13.3 Å². The highest BCUT2D eigenvalue weighted by atomic mass is 32.2. The zero-order valence-electron chi connectivity index (χ0n) is 6.76. The van der Waals surface area contributed by atoms with Gasteiger partial charge in [0.1, 0.15) is 0 Å². The predicted octanol–water partition coefficient (Wildman–Crippen LogP) is 2.29. The van der Waals surface area contributed by atoms with Crippen LogP contribution in [0.25, 0.3) is 0 Å². The largest absolute Gasteiger partial charge is 0.481 e. The van der Waals surface area contributed by atoms with E-state index in [1.807, 2.05) is 0 Å². The maximum atomic E-state index is 13.0. The normalized spacial score (nSPS) is 15.9. The second-order valence-corrected chi connectivity index (χ2v) is 4.00. The molecule has 0 aromatic rings. The van der Waals surface area contributed by atoms with Crippen LogP contribution in [0, 0.1) is 0 Å². The summed E-state index contributed by atoms with van der Waals surface area (Å²) in [4.78, 5) is 10.0. The Morgan fingerprint density at radius 2 is 2.27 bits per heavy atom. The van der Waals surface area contributed by atoms with Crippen LogP contribution >= 0.6 is 11.8 Å². The maximum Gasteiger partial charge on any atom is 0.304 e. The number of rotatable bonds is 5. The van der Waals surface area contributed by atoms with Crippen molar-refractivity contribution in [3.05, 3.63) is 0 Å². The summed E-state index contributed by atoms with van der Waals surface area (Å²) < 4.78 is 13.0. The fourth-order valence-corrected chi connectivity index (χ4v) is 1.36. The van der Waals surface area contributed by atoms with Crippen molar-refractivity contribution in [1.29, 1.82) is 0 Å². The molecular weight excluding hydrogens is 167 g/mol. The number of hydrogen-bond acceptors (Lipinski definition) is 2. The molecule has 0 spiro atoms. The lowest BCUT2D eigenvalue weighted by Crippen LogP contribution is -2.12. The first-order valence-corrected chi connectivity index (χ1v) is 4.51. The first-order valence-electron chi connectivity index (χ1n) is 3.52. The van der Waals surface area contributed by atoms with Gasteiger partial charge in [-0.1, -0.05) is 6.92 Å².